The second-order valence-electron chi connectivity index (χ2n) is 4.62. The summed E-state index contributed by atoms with van der Waals surface area (Å²) in [6.07, 6.45) is 1.61. The van der Waals surface area contributed by atoms with Crippen molar-refractivity contribution in [1.82, 2.24) is 10.2 Å². The molecule has 100 valence electrons. The van der Waals surface area contributed by atoms with E-state index in [4.69, 9.17) is 0 Å². The van der Waals surface area contributed by atoms with Crippen LogP contribution in [-0.2, 0) is 15.6 Å². The molecular weight excluding hydrogens is 268 g/mol. The fourth-order valence-corrected chi connectivity index (χ4v) is 4.07. The summed E-state index contributed by atoms with van der Waals surface area (Å²) >= 11 is 1.69. The predicted molar refractivity (Wildman–Crippen MR) is 75.0 cm³/mol. The first-order valence-corrected chi connectivity index (χ1v) is 8.44. The van der Waals surface area contributed by atoms with Crippen molar-refractivity contribution >= 4 is 28.0 Å². The van der Waals surface area contributed by atoms with Crippen LogP contribution < -0.4 is 5.32 Å². The van der Waals surface area contributed by atoms with Gasteiger partial charge in [-0.2, -0.15) is 0 Å². The van der Waals surface area contributed by atoms with Crippen LogP contribution in [0.4, 0.5) is 0 Å². The Hall–Kier alpha value is -0.720. The fraction of sp³-hybridized carbons (Fsp3) is 0.583. The van der Waals surface area contributed by atoms with Crippen LogP contribution in [0.1, 0.15) is 22.8 Å². The summed E-state index contributed by atoms with van der Waals surface area (Å²) in [5.41, 5.74) is 0. The van der Waals surface area contributed by atoms with Crippen LogP contribution >= 0.6 is 11.3 Å². The molecule has 0 saturated carbocycles. The van der Waals surface area contributed by atoms with E-state index in [0.717, 1.165) is 4.88 Å². The molecule has 1 fully saturated rings. The third-order valence-electron chi connectivity index (χ3n) is 2.99. The zero-order valence-electron chi connectivity index (χ0n) is 10.8. The van der Waals surface area contributed by atoms with Crippen molar-refractivity contribution < 1.29 is 9.00 Å². The lowest BCUT2D eigenvalue weighted by Crippen LogP contribution is -2.40. The van der Waals surface area contributed by atoms with Crippen molar-refractivity contribution in [1.29, 1.82) is 0 Å². The van der Waals surface area contributed by atoms with E-state index in [9.17, 15) is 9.00 Å². The monoisotopic (exact) mass is 286 g/mol. The van der Waals surface area contributed by atoms with E-state index >= 15 is 0 Å². The predicted octanol–water partition coefficient (Wildman–Crippen LogP) is 1.25. The van der Waals surface area contributed by atoms with Gasteiger partial charge in [0, 0.05) is 38.6 Å². The Bertz CT molecular complexity index is 472. The van der Waals surface area contributed by atoms with Crippen LogP contribution in [0, 0.1) is 6.92 Å². The van der Waals surface area contributed by atoms with Crippen molar-refractivity contribution in [3.63, 3.8) is 0 Å². The molecule has 4 nitrogen and oxygen atoms in total. The van der Waals surface area contributed by atoms with Crippen LogP contribution in [0.2, 0.25) is 0 Å². The number of amides is 1. The molecule has 0 radical (unpaired) electrons. The number of nitrogens with one attached hydrogen (secondary N) is 1. The van der Waals surface area contributed by atoms with Gasteiger partial charge in [0.15, 0.2) is 0 Å². The van der Waals surface area contributed by atoms with E-state index in [1.54, 1.807) is 17.6 Å². The SMILES string of the molecule is Cc1ccc(C2NCC(=O)N2C(C)CS(C)=O)s1. The summed E-state index contributed by atoms with van der Waals surface area (Å²) in [5.74, 6) is 0.609. The Labute approximate surface area is 114 Å². The van der Waals surface area contributed by atoms with Crippen molar-refractivity contribution in [2.75, 3.05) is 18.6 Å². The van der Waals surface area contributed by atoms with Gasteiger partial charge in [0.05, 0.1) is 6.54 Å². The quantitative estimate of drug-likeness (QED) is 0.906. The Morgan fingerprint density at radius 3 is 2.89 bits per heavy atom. The highest BCUT2D eigenvalue weighted by Gasteiger charge is 2.35. The zero-order chi connectivity index (χ0) is 13.3. The summed E-state index contributed by atoms with van der Waals surface area (Å²) in [6, 6.07) is 4.11. The van der Waals surface area contributed by atoms with E-state index in [1.165, 1.54) is 4.88 Å². The molecule has 1 aromatic heterocycles. The number of thiophene rings is 1. The van der Waals surface area contributed by atoms with Crippen molar-refractivity contribution in [2.45, 2.75) is 26.1 Å². The van der Waals surface area contributed by atoms with Crippen molar-refractivity contribution in [3.05, 3.63) is 21.9 Å². The van der Waals surface area contributed by atoms with Gasteiger partial charge in [-0.15, -0.1) is 11.3 Å². The Kier molecular flexibility index (Phi) is 4.19. The molecule has 6 heteroatoms. The van der Waals surface area contributed by atoms with E-state index < -0.39 is 10.8 Å². The number of rotatable bonds is 4. The molecule has 0 aromatic carbocycles. The van der Waals surface area contributed by atoms with Gasteiger partial charge in [-0.25, -0.2) is 0 Å². The number of carbonyl (C=O) groups is 1. The van der Waals surface area contributed by atoms with Crippen LogP contribution in [0.15, 0.2) is 12.1 Å². The third kappa shape index (κ3) is 2.81. The van der Waals surface area contributed by atoms with Crippen LogP contribution in [0.5, 0.6) is 0 Å². The smallest absolute Gasteiger partial charge is 0.238 e. The summed E-state index contributed by atoms with van der Waals surface area (Å²) in [6.45, 7) is 4.38. The van der Waals surface area contributed by atoms with Crippen LogP contribution in [-0.4, -0.2) is 39.6 Å². The summed E-state index contributed by atoms with van der Waals surface area (Å²) in [5, 5.41) is 3.23. The first-order valence-electron chi connectivity index (χ1n) is 5.90. The molecule has 2 rings (SSSR count). The molecular formula is C12H18N2O2S2. The number of hydrogen-bond donors (Lipinski definition) is 1. The maximum absolute atomic E-state index is 12.0. The normalized spacial score (nSPS) is 23.4. The van der Waals surface area contributed by atoms with Gasteiger partial charge in [0.1, 0.15) is 6.17 Å². The largest absolute Gasteiger partial charge is 0.317 e. The molecule has 0 bridgehead atoms. The minimum absolute atomic E-state index is 0.00857. The molecule has 3 unspecified atom stereocenters. The first kappa shape index (κ1) is 13.7. The topological polar surface area (TPSA) is 49.4 Å². The molecule has 1 amide bonds. The lowest BCUT2D eigenvalue weighted by Gasteiger charge is -2.29. The lowest BCUT2D eigenvalue weighted by atomic mass is 10.2. The van der Waals surface area contributed by atoms with Crippen molar-refractivity contribution in [2.24, 2.45) is 0 Å². The minimum Gasteiger partial charge on any atom is -0.317 e. The van der Waals surface area contributed by atoms with Gasteiger partial charge < -0.3 is 4.90 Å². The highest BCUT2D eigenvalue weighted by molar-refractivity contribution is 7.84. The van der Waals surface area contributed by atoms with E-state index in [2.05, 4.69) is 24.4 Å². The molecule has 1 saturated heterocycles. The maximum atomic E-state index is 12.0. The molecule has 3 atom stereocenters. The molecule has 1 aliphatic rings. The van der Waals surface area contributed by atoms with Gasteiger partial charge in [0.2, 0.25) is 5.91 Å². The highest BCUT2D eigenvalue weighted by atomic mass is 32.2. The number of nitrogens with zero attached hydrogens (tertiary/aromatic N) is 1. The molecule has 0 aliphatic carbocycles. The Morgan fingerprint density at radius 2 is 2.33 bits per heavy atom. The third-order valence-corrected chi connectivity index (χ3v) is 5.00. The molecule has 2 heterocycles. The number of hydrogen-bond acceptors (Lipinski definition) is 4. The zero-order valence-corrected chi connectivity index (χ0v) is 12.4. The summed E-state index contributed by atoms with van der Waals surface area (Å²) in [4.78, 5) is 16.2. The van der Waals surface area contributed by atoms with Crippen LogP contribution in [0.3, 0.4) is 0 Å². The molecule has 18 heavy (non-hydrogen) atoms. The minimum atomic E-state index is -0.891. The van der Waals surface area contributed by atoms with Gasteiger partial charge in [-0.3, -0.25) is 14.3 Å². The number of aryl methyl sites for hydroxylation is 1. The van der Waals surface area contributed by atoms with Gasteiger partial charge in [-0.05, 0) is 26.0 Å². The molecule has 1 aliphatic heterocycles. The summed E-state index contributed by atoms with van der Waals surface area (Å²) in [7, 11) is -0.891. The van der Waals surface area contributed by atoms with Crippen LogP contribution in [0.25, 0.3) is 0 Å². The second-order valence-corrected chi connectivity index (χ2v) is 7.42. The number of carbonyl (C=O) groups excluding carboxylic acids is 1. The van der Waals surface area contributed by atoms with Gasteiger partial charge in [0.25, 0.3) is 0 Å². The molecule has 0 spiro atoms. The molecule has 1 N–H and O–H groups in total. The second kappa shape index (κ2) is 5.50. The average molecular weight is 286 g/mol. The van der Waals surface area contributed by atoms with E-state index in [-0.39, 0.29) is 18.1 Å². The van der Waals surface area contributed by atoms with E-state index in [1.807, 2.05) is 11.8 Å². The highest BCUT2D eigenvalue weighted by Crippen LogP contribution is 2.30. The van der Waals surface area contributed by atoms with Crippen molar-refractivity contribution in [3.8, 4) is 0 Å². The first-order chi connectivity index (χ1) is 8.49. The average Bonchev–Trinajstić information content (AvgIpc) is 2.83. The van der Waals surface area contributed by atoms with E-state index in [0.29, 0.717) is 12.3 Å². The molecule has 1 aromatic rings. The maximum Gasteiger partial charge on any atom is 0.238 e. The Balaban J connectivity index is 2.19. The lowest BCUT2D eigenvalue weighted by molar-refractivity contribution is -0.129. The fourth-order valence-electron chi connectivity index (χ4n) is 2.28. The Morgan fingerprint density at radius 1 is 1.61 bits per heavy atom. The van der Waals surface area contributed by atoms with Gasteiger partial charge >= 0.3 is 0 Å². The van der Waals surface area contributed by atoms with Gasteiger partial charge in [-0.1, -0.05) is 0 Å². The summed E-state index contributed by atoms with van der Waals surface area (Å²) < 4.78 is 11.3. The standard InChI is InChI=1S/C12H18N2O2S2/c1-8(7-18(3)16)14-11(15)6-13-12(14)10-5-4-9(2)17-10/h4-5,8,12-13H,6-7H2,1-3H3.